The number of nitrogens with zero attached hydrogens (tertiary/aromatic N) is 1. The van der Waals surface area contributed by atoms with Crippen molar-refractivity contribution in [1.82, 2.24) is 14.6 Å². The van der Waals surface area contributed by atoms with Crippen LogP contribution in [0.25, 0.3) is 0 Å². The van der Waals surface area contributed by atoms with Gasteiger partial charge >= 0.3 is 6.09 Å². The van der Waals surface area contributed by atoms with E-state index in [4.69, 9.17) is 9.47 Å². The first-order valence-corrected chi connectivity index (χ1v) is 17.8. The summed E-state index contributed by atoms with van der Waals surface area (Å²) in [5.41, 5.74) is 1.15. The SMILES string of the molecule is CCCCCOC(=O)NS[C@@H](CC1CCCCC1)C(=O)N[Si](CO)CCC(=O)N1CCOC2=C(CC(C)C=C2)C1. The second kappa shape index (κ2) is 17.7. The molecule has 40 heavy (non-hydrogen) atoms. The van der Waals surface area contributed by atoms with Crippen molar-refractivity contribution in [2.24, 2.45) is 11.8 Å². The number of unbranched alkanes of at least 4 members (excludes halogenated alkanes) is 2. The van der Waals surface area contributed by atoms with Gasteiger partial charge in [-0.2, -0.15) is 0 Å². The Labute approximate surface area is 245 Å². The molecule has 1 unspecified atom stereocenters. The average Bonchev–Trinajstić information content (AvgIpc) is 3.18. The lowest BCUT2D eigenvalue weighted by Crippen LogP contribution is -2.47. The Morgan fingerprint density at radius 1 is 1.25 bits per heavy atom. The number of ether oxygens (including phenoxy) is 2. The molecule has 1 fully saturated rings. The molecular formula is C29H48N3O6SSi. The number of hydrogen-bond donors (Lipinski definition) is 3. The molecule has 1 heterocycles. The summed E-state index contributed by atoms with van der Waals surface area (Å²) in [7, 11) is -1.70. The van der Waals surface area contributed by atoms with Gasteiger partial charge < -0.3 is 24.5 Å². The van der Waals surface area contributed by atoms with Crippen LogP contribution in [0.15, 0.2) is 23.5 Å². The van der Waals surface area contributed by atoms with Crippen LogP contribution in [0.4, 0.5) is 4.79 Å². The molecule has 9 nitrogen and oxygen atoms in total. The summed E-state index contributed by atoms with van der Waals surface area (Å²) in [4.78, 5) is 43.5. The van der Waals surface area contributed by atoms with Crippen molar-refractivity contribution in [2.75, 3.05) is 32.5 Å². The quantitative estimate of drug-likeness (QED) is 0.153. The maximum absolute atomic E-state index is 13.3. The maximum Gasteiger partial charge on any atom is 0.417 e. The topological polar surface area (TPSA) is 117 Å². The van der Waals surface area contributed by atoms with E-state index in [1.165, 1.54) is 19.3 Å². The van der Waals surface area contributed by atoms with Crippen LogP contribution in [-0.4, -0.2) is 74.7 Å². The molecule has 3 rings (SSSR count). The molecule has 3 N–H and O–H groups in total. The summed E-state index contributed by atoms with van der Waals surface area (Å²) in [5, 5.41) is 9.59. The van der Waals surface area contributed by atoms with Crippen LogP contribution in [0.3, 0.4) is 0 Å². The molecule has 0 aromatic rings. The molecular weight excluding hydrogens is 546 g/mol. The Balaban J connectivity index is 1.50. The first-order chi connectivity index (χ1) is 19.4. The van der Waals surface area contributed by atoms with Crippen LogP contribution in [0, 0.1) is 11.8 Å². The highest BCUT2D eigenvalue weighted by atomic mass is 32.2. The van der Waals surface area contributed by atoms with Crippen LogP contribution in [0.2, 0.25) is 6.04 Å². The molecule has 0 bridgehead atoms. The van der Waals surface area contributed by atoms with E-state index in [0.29, 0.717) is 50.6 Å². The molecule has 1 aliphatic heterocycles. The number of carbonyl (C=O) groups is 3. The van der Waals surface area contributed by atoms with E-state index in [1.807, 2.05) is 11.0 Å². The summed E-state index contributed by atoms with van der Waals surface area (Å²) in [6, 6.07) is 0.443. The fraction of sp³-hybridized carbons (Fsp3) is 0.759. The van der Waals surface area contributed by atoms with Gasteiger partial charge in [0.05, 0.1) is 19.4 Å². The van der Waals surface area contributed by atoms with Gasteiger partial charge in [0.25, 0.3) is 0 Å². The van der Waals surface area contributed by atoms with Crippen molar-refractivity contribution in [2.45, 2.75) is 95.8 Å². The van der Waals surface area contributed by atoms with Crippen molar-refractivity contribution < 1.29 is 29.0 Å². The van der Waals surface area contributed by atoms with Crippen LogP contribution in [-0.2, 0) is 19.1 Å². The van der Waals surface area contributed by atoms with E-state index < -0.39 is 20.3 Å². The Bertz CT molecular complexity index is 895. The average molecular weight is 595 g/mol. The highest BCUT2D eigenvalue weighted by Crippen LogP contribution is 2.30. The lowest BCUT2D eigenvalue weighted by molar-refractivity contribution is -0.130. The van der Waals surface area contributed by atoms with E-state index >= 15 is 0 Å². The lowest BCUT2D eigenvalue weighted by Gasteiger charge is -2.27. The number of allylic oxidation sites excluding steroid dienone is 2. The van der Waals surface area contributed by atoms with Gasteiger partial charge in [0, 0.05) is 13.0 Å². The minimum absolute atomic E-state index is 0.0189. The molecule has 11 heteroatoms. The molecule has 3 aliphatic rings. The van der Waals surface area contributed by atoms with E-state index in [2.05, 4.69) is 29.6 Å². The zero-order valence-electron chi connectivity index (χ0n) is 24.3. The minimum Gasteiger partial charge on any atom is -0.492 e. The first kappa shape index (κ1) is 32.5. The Kier molecular flexibility index (Phi) is 14.4. The lowest BCUT2D eigenvalue weighted by atomic mass is 9.86. The van der Waals surface area contributed by atoms with Gasteiger partial charge in [-0.25, -0.2) is 4.79 Å². The second-order valence-electron chi connectivity index (χ2n) is 11.2. The summed E-state index contributed by atoms with van der Waals surface area (Å²) in [6.45, 7) is 6.17. The van der Waals surface area contributed by atoms with Crippen molar-refractivity contribution in [3.05, 3.63) is 23.5 Å². The standard InChI is InChI=1S/C29H48N3O6SSi/c1-3-4-8-15-38-29(36)30-39-26(19-23-9-6-5-7-10-23)28(35)31-40(21-33)17-13-27(34)32-14-16-37-25-12-11-22(2)18-24(25)20-32/h11-12,22-23,26,33H,3-10,13-21H2,1-2H3,(H,30,36)(H,31,35)/t22?,26-/m0/s1. The van der Waals surface area contributed by atoms with Gasteiger partial charge in [-0.1, -0.05) is 64.9 Å². The molecule has 3 amide bonds. The van der Waals surface area contributed by atoms with Crippen molar-refractivity contribution >= 4 is 38.8 Å². The fourth-order valence-corrected chi connectivity index (χ4v) is 7.80. The fourth-order valence-electron chi connectivity index (χ4n) is 5.46. The number of amides is 3. The monoisotopic (exact) mass is 594 g/mol. The Morgan fingerprint density at radius 2 is 2.05 bits per heavy atom. The minimum atomic E-state index is -1.70. The highest BCUT2D eigenvalue weighted by Gasteiger charge is 2.29. The third-order valence-electron chi connectivity index (χ3n) is 7.81. The van der Waals surface area contributed by atoms with Crippen LogP contribution >= 0.6 is 11.9 Å². The number of aliphatic hydroxyl groups excluding tert-OH is 1. The number of nitrogens with one attached hydrogen (secondary N) is 2. The zero-order chi connectivity index (χ0) is 28.7. The molecule has 0 aromatic carbocycles. The molecule has 0 aromatic heterocycles. The van der Waals surface area contributed by atoms with Gasteiger partial charge in [0.15, 0.2) is 8.96 Å². The third kappa shape index (κ3) is 11.1. The molecule has 1 radical (unpaired) electrons. The molecule has 1 saturated carbocycles. The van der Waals surface area contributed by atoms with Gasteiger partial charge in [-0.3, -0.25) is 14.3 Å². The van der Waals surface area contributed by atoms with Crippen LogP contribution < -0.4 is 9.70 Å². The second-order valence-corrected chi connectivity index (χ2v) is 14.5. The Hall–Kier alpha value is -1.98. The molecule has 0 saturated heterocycles. The molecule has 0 spiro atoms. The molecule has 2 aliphatic carbocycles. The number of aliphatic hydroxyl groups is 1. The zero-order valence-corrected chi connectivity index (χ0v) is 26.1. The number of hydrogen-bond acceptors (Lipinski definition) is 7. The normalized spacial score (nSPS) is 20.4. The highest BCUT2D eigenvalue weighted by molar-refractivity contribution is 7.99. The summed E-state index contributed by atoms with van der Waals surface area (Å²) in [6.07, 6.45) is 13.9. The predicted octanol–water partition coefficient (Wildman–Crippen LogP) is 4.63. The van der Waals surface area contributed by atoms with Crippen molar-refractivity contribution in [3.8, 4) is 0 Å². The third-order valence-corrected chi connectivity index (χ3v) is 10.6. The Morgan fingerprint density at radius 3 is 2.80 bits per heavy atom. The van der Waals surface area contributed by atoms with Gasteiger partial charge in [0.1, 0.15) is 17.6 Å². The van der Waals surface area contributed by atoms with Crippen molar-refractivity contribution in [3.63, 3.8) is 0 Å². The number of rotatable bonds is 14. The first-order valence-electron chi connectivity index (χ1n) is 15.0. The summed E-state index contributed by atoms with van der Waals surface area (Å²) < 4.78 is 13.8. The van der Waals surface area contributed by atoms with E-state index in [9.17, 15) is 19.5 Å². The molecule has 225 valence electrons. The maximum atomic E-state index is 13.3. The van der Waals surface area contributed by atoms with Gasteiger partial charge in [-0.15, -0.1) is 0 Å². The van der Waals surface area contributed by atoms with E-state index in [0.717, 1.165) is 61.8 Å². The van der Waals surface area contributed by atoms with Crippen molar-refractivity contribution in [1.29, 1.82) is 0 Å². The largest absolute Gasteiger partial charge is 0.492 e. The number of carbonyl (C=O) groups excluding carboxylic acids is 3. The van der Waals surface area contributed by atoms with E-state index in [1.54, 1.807) is 0 Å². The van der Waals surface area contributed by atoms with Crippen LogP contribution in [0.1, 0.15) is 84.5 Å². The van der Waals surface area contributed by atoms with E-state index in [-0.39, 0.29) is 24.5 Å². The summed E-state index contributed by atoms with van der Waals surface area (Å²) in [5.74, 6) is 1.59. The van der Waals surface area contributed by atoms with Crippen LogP contribution in [0.5, 0.6) is 0 Å². The van der Waals surface area contributed by atoms with Gasteiger partial charge in [-0.05, 0) is 60.7 Å². The predicted molar refractivity (Wildman–Crippen MR) is 159 cm³/mol. The smallest absolute Gasteiger partial charge is 0.417 e. The molecule has 2 atom stereocenters. The summed E-state index contributed by atoms with van der Waals surface area (Å²) >= 11 is 1.11. The van der Waals surface area contributed by atoms with Gasteiger partial charge in [0.2, 0.25) is 11.8 Å².